The summed E-state index contributed by atoms with van der Waals surface area (Å²) < 4.78 is 39.5. The monoisotopic (exact) mass is 316 g/mol. The third-order valence-corrected chi connectivity index (χ3v) is 4.64. The van der Waals surface area contributed by atoms with Gasteiger partial charge in [0.05, 0.1) is 22.7 Å². The summed E-state index contributed by atoms with van der Waals surface area (Å²) in [5.74, 6) is -0.477. The van der Waals surface area contributed by atoms with Gasteiger partial charge in [0.1, 0.15) is 5.82 Å². The van der Waals surface area contributed by atoms with Crippen LogP contribution in [0.25, 0.3) is 10.9 Å². The number of hydrogen-bond donors (Lipinski definition) is 1. The number of fused-ring (bicyclic) bond motifs is 1. The van der Waals surface area contributed by atoms with Crippen molar-refractivity contribution in [1.82, 2.24) is 9.71 Å². The molecule has 3 rings (SSSR count). The lowest BCUT2D eigenvalue weighted by atomic mass is 10.2. The summed E-state index contributed by atoms with van der Waals surface area (Å²) in [4.78, 5) is 4.42. The topological polar surface area (TPSA) is 59.1 Å². The Balaban J connectivity index is 1.79. The van der Waals surface area contributed by atoms with Crippen molar-refractivity contribution in [2.75, 3.05) is 0 Å². The van der Waals surface area contributed by atoms with Crippen LogP contribution in [0.5, 0.6) is 0 Å². The standard InChI is InChI=1S/C16H13FN2O2S/c17-13-6-9-15(10-7-13)22(20,21)18-11-14-8-5-12-3-1-2-4-16(12)19-14/h1-10,18H,11H2. The summed E-state index contributed by atoms with van der Waals surface area (Å²) in [5, 5.41) is 0.993. The maximum absolute atomic E-state index is 12.8. The van der Waals surface area contributed by atoms with Crippen LogP contribution in [0, 0.1) is 5.82 Å². The third kappa shape index (κ3) is 3.13. The average Bonchev–Trinajstić information content (AvgIpc) is 2.53. The summed E-state index contributed by atoms with van der Waals surface area (Å²) in [7, 11) is -3.69. The highest BCUT2D eigenvalue weighted by molar-refractivity contribution is 7.89. The molecule has 0 fully saturated rings. The van der Waals surface area contributed by atoms with Gasteiger partial charge in [-0.15, -0.1) is 0 Å². The van der Waals surface area contributed by atoms with Crippen molar-refractivity contribution in [3.05, 3.63) is 72.2 Å². The number of benzene rings is 2. The average molecular weight is 316 g/mol. The van der Waals surface area contributed by atoms with Crippen molar-refractivity contribution in [3.8, 4) is 0 Å². The molecule has 0 saturated heterocycles. The van der Waals surface area contributed by atoms with Gasteiger partial charge in [0.15, 0.2) is 0 Å². The smallest absolute Gasteiger partial charge is 0.240 e. The van der Waals surface area contributed by atoms with E-state index in [9.17, 15) is 12.8 Å². The summed E-state index contributed by atoms with van der Waals surface area (Å²) >= 11 is 0. The lowest BCUT2D eigenvalue weighted by molar-refractivity contribution is 0.579. The van der Waals surface area contributed by atoms with E-state index < -0.39 is 15.8 Å². The van der Waals surface area contributed by atoms with E-state index in [1.165, 1.54) is 12.1 Å². The first-order valence-electron chi connectivity index (χ1n) is 6.64. The van der Waals surface area contributed by atoms with Crippen LogP contribution in [0.4, 0.5) is 4.39 Å². The van der Waals surface area contributed by atoms with Crippen molar-refractivity contribution in [1.29, 1.82) is 0 Å². The molecule has 6 heteroatoms. The Morgan fingerprint density at radius 1 is 0.955 bits per heavy atom. The van der Waals surface area contributed by atoms with Crippen LogP contribution in [0.15, 0.2) is 65.6 Å². The van der Waals surface area contributed by atoms with Gasteiger partial charge in [-0.1, -0.05) is 24.3 Å². The van der Waals surface area contributed by atoms with Crippen molar-refractivity contribution in [2.24, 2.45) is 0 Å². The minimum Gasteiger partial charge on any atom is -0.251 e. The molecule has 0 unspecified atom stereocenters. The molecule has 112 valence electrons. The highest BCUT2D eigenvalue weighted by atomic mass is 32.2. The molecule has 2 aromatic carbocycles. The second-order valence-electron chi connectivity index (χ2n) is 4.77. The number of hydrogen-bond acceptors (Lipinski definition) is 3. The molecule has 3 aromatic rings. The zero-order chi connectivity index (χ0) is 15.6. The molecule has 4 nitrogen and oxygen atoms in total. The molecule has 0 aliphatic carbocycles. The normalized spacial score (nSPS) is 11.7. The zero-order valence-corrected chi connectivity index (χ0v) is 12.3. The Labute approximate surface area is 127 Å². The number of rotatable bonds is 4. The molecular formula is C16H13FN2O2S. The van der Waals surface area contributed by atoms with Crippen LogP contribution >= 0.6 is 0 Å². The maximum atomic E-state index is 12.8. The van der Waals surface area contributed by atoms with Gasteiger partial charge in [-0.05, 0) is 36.4 Å². The highest BCUT2D eigenvalue weighted by Crippen LogP contribution is 2.13. The fourth-order valence-corrected chi connectivity index (χ4v) is 3.07. The first-order chi connectivity index (χ1) is 10.5. The van der Waals surface area contributed by atoms with Crippen LogP contribution in [0.2, 0.25) is 0 Å². The number of para-hydroxylation sites is 1. The molecule has 0 radical (unpaired) electrons. The van der Waals surface area contributed by atoms with Crippen LogP contribution in [0.1, 0.15) is 5.69 Å². The van der Waals surface area contributed by atoms with Crippen LogP contribution in [0.3, 0.4) is 0 Å². The van der Waals surface area contributed by atoms with Gasteiger partial charge in [0.2, 0.25) is 10.0 Å². The molecule has 0 atom stereocenters. The van der Waals surface area contributed by atoms with Crippen LogP contribution < -0.4 is 4.72 Å². The Morgan fingerprint density at radius 3 is 2.45 bits per heavy atom. The number of halogens is 1. The highest BCUT2D eigenvalue weighted by Gasteiger charge is 2.13. The van der Waals surface area contributed by atoms with E-state index in [0.29, 0.717) is 5.69 Å². The first kappa shape index (κ1) is 14.6. The second-order valence-corrected chi connectivity index (χ2v) is 6.54. The van der Waals surface area contributed by atoms with E-state index in [1.807, 2.05) is 30.3 Å². The van der Waals surface area contributed by atoms with Crippen molar-refractivity contribution in [2.45, 2.75) is 11.4 Å². The third-order valence-electron chi connectivity index (χ3n) is 3.22. The van der Waals surface area contributed by atoms with E-state index in [0.717, 1.165) is 23.0 Å². The van der Waals surface area contributed by atoms with Crippen LogP contribution in [-0.4, -0.2) is 13.4 Å². The minimum absolute atomic E-state index is 0.0229. The Bertz CT molecular complexity index is 909. The Kier molecular flexibility index (Phi) is 3.87. The number of aromatic nitrogens is 1. The maximum Gasteiger partial charge on any atom is 0.240 e. The van der Waals surface area contributed by atoms with Crippen molar-refractivity contribution >= 4 is 20.9 Å². The summed E-state index contributed by atoms with van der Waals surface area (Å²) in [6.07, 6.45) is 0. The van der Waals surface area contributed by atoms with Gasteiger partial charge < -0.3 is 0 Å². The number of pyridine rings is 1. The van der Waals surface area contributed by atoms with Gasteiger partial charge in [-0.3, -0.25) is 4.98 Å². The molecule has 0 aliphatic heterocycles. The van der Waals surface area contributed by atoms with Gasteiger partial charge in [-0.2, -0.15) is 0 Å². The molecule has 1 N–H and O–H groups in total. The number of nitrogens with one attached hydrogen (secondary N) is 1. The summed E-state index contributed by atoms with van der Waals surface area (Å²) in [6, 6.07) is 16.0. The van der Waals surface area contributed by atoms with E-state index in [4.69, 9.17) is 0 Å². The SMILES string of the molecule is O=S(=O)(NCc1ccc2ccccc2n1)c1ccc(F)cc1. The zero-order valence-electron chi connectivity index (χ0n) is 11.5. The van der Waals surface area contributed by atoms with Crippen molar-refractivity contribution < 1.29 is 12.8 Å². The fraction of sp³-hybridized carbons (Fsp3) is 0.0625. The number of sulfonamides is 1. The molecule has 1 heterocycles. The minimum atomic E-state index is -3.69. The summed E-state index contributed by atoms with van der Waals surface area (Å²) in [5.41, 5.74) is 1.42. The fourth-order valence-electron chi connectivity index (χ4n) is 2.07. The molecule has 1 aromatic heterocycles. The predicted molar refractivity (Wildman–Crippen MR) is 82.2 cm³/mol. The van der Waals surface area contributed by atoms with Gasteiger partial charge in [0, 0.05) is 5.39 Å². The second kappa shape index (κ2) is 5.82. The van der Waals surface area contributed by atoms with Gasteiger partial charge in [0.25, 0.3) is 0 Å². The van der Waals surface area contributed by atoms with E-state index in [2.05, 4.69) is 9.71 Å². The van der Waals surface area contributed by atoms with E-state index in [-0.39, 0.29) is 11.4 Å². The largest absolute Gasteiger partial charge is 0.251 e. The lowest BCUT2D eigenvalue weighted by Gasteiger charge is -2.07. The predicted octanol–water partition coefficient (Wildman–Crippen LogP) is 2.85. The molecule has 0 spiro atoms. The molecule has 0 bridgehead atoms. The molecule has 0 aliphatic rings. The molecular weight excluding hydrogens is 303 g/mol. The van der Waals surface area contributed by atoms with Gasteiger partial charge in [-0.25, -0.2) is 17.5 Å². The first-order valence-corrected chi connectivity index (χ1v) is 8.13. The van der Waals surface area contributed by atoms with Crippen molar-refractivity contribution in [3.63, 3.8) is 0 Å². The van der Waals surface area contributed by atoms with Gasteiger partial charge >= 0.3 is 0 Å². The number of nitrogens with zero attached hydrogens (tertiary/aromatic N) is 1. The van der Waals surface area contributed by atoms with Crippen LogP contribution in [-0.2, 0) is 16.6 Å². The molecule has 22 heavy (non-hydrogen) atoms. The summed E-state index contributed by atoms with van der Waals surface area (Å²) in [6.45, 7) is 0.0740. The van der Waals surface area contributed by atoms with E-state index >= 15 is 0 Å². The molecule has 0 amide bonds. The molecule has 0 saturated carbocycles. The lowest BCUT2D eigenvalue weighted by Crippen LogP contribution is -2.23. The quantitative estimate of drug-likeness (QED) is 0.805. The Hall–Kier alpha value is -2.31. The van der Waals surface area contributed by atoms with E-state index in [1.54, 1.807) is 6.07 Å². The Morgan fingerprint density at radius 2 is 1.68 bits per heavy atom.